The Morgan fingerprint density at radius 1 is 1.53 bits per heavy atom. The normalized spacial score (nSPS) is 18.3. The fourth-order valence-electron chi connectivity index (χ4n) is 2.27. The smallest absolute Gasteiger partial charge is 0.143 e. The molecule has 2 heterocycles. The lowest BCUT2D eigenvalue weighted by Crippen LogP contribution is -2.46. The van der Waals surface area contributed by atoms with Gasteiger partial charge in [0, 0.05) is 39.6 Å². The molecule has 1 aliphatic heterocycles. The van der Waals surface area contributed by atoms with E-state index in [-0.39, 0.29) is 0 Å². The fraction of sp³-hybridized carbons (Fsp3) is 0.615. The number of rotatable bonds is 3. The molecule has 6 heteroatoms. The van der Waals surface area contributed by atoms with Crippen molar-refractivity contribution in [1.82, 2.24) is 4.98 Å². The van der Waals surface area contributed by atoms with Crippen molar-refractivity contribution in [1.29, 1.82) is 0 Å². The monoisotopic (exact) mass is 329 g/mol. The van der Waals surface area contributed by atoms with Crippen LogP contribution >= 0.6 is 15.9 Å². The minimum atomic E-state index is -0.705. The lowest BCUT2D eigenvalue weighted by atomic mass is 9.94. The maximum Gasteiger partial charge on any atom is 0.143 e. The van der Waals surface area contributed by atoms with Crippen molar-refractivity contribution < 1.29 is 9.84 Å². The topological polar surface area (TPSA) is 71.6 Å². The number of pyridine rings is 1. The van der Waals surface area contributed by atoms with Gasteiger partial charge in [0.05, 0.1) is 22.0 Å². The number of nitrogens with zero attached hydrogens (tertiary/aromatic N) is 2. The minimum absolute atomic E-state index is 0.533. The van der Waals surface area contributed by atoms with Crippen molar-refractivity contribution in [3.05, 3.63) is 16.2 Å². The van der Waals surface area contributed by atoms with Crippen LogP contribution < -0.4 is 10.6 Å². The first-order valence-corrected chi connectivity index (χ1v) is 7.14. The van der Waals surface area contributed by atoms with Gasteiger partial charge < -0.3 is 20.5 Å². The zero-order chi connectivity index (χ0) is 14.0. The number of likely N-dealkylation sites (N-methyl/N-ethyl adjacent to an activating group) is 1. The van der Waals surface area contributed by atoms with Gasteiger partial charge in [-0.25, -0.2) is 4.98 Å². The highest BCUT2D eigenvalue weighted by atomic mass is 79.9. The first-order chi connectivity index (χ1) is 8.93. The van der Waals surface area contributed by atoms with Crippen LogP contribution in [-0.2, 0) is 4.74 Å². The predicted molar refractivity (Wildman–Crippen MR) is 79.4 cm³/mol. The van der Waals surface area contributed by atoms with E-state index in [2.05, 4.69) is 20.9 Å². The van der Waals surface area contributed by atoms with E-state index >= 15 is 0 Å². The maximum absolute atomic E-state index is 10.5. The summed E-state index contributed by atoms with van der Waals surface area (Å²) in [6.07, 6.45) is 2.96. The second-order valence-corrected chi connectivity index (χ2v) is 5.96. The molecular formula is C13H20BrN3O2. The molecule has 19 heavy (non-hydrogen) atoms. The zero-order valence-electron chi connectivity index (χ0n) is 11.3. The molecule has 0 aromatic carbocycles. The Hall–Kier alpha value is -0.850. The molecule has 1 fully saturated rings. The van der Waals surface area contributed by atoms with Crippen molar-refractivity contribution >= 4 is 27.4 Å². The summed E-state index contributed by atoms with van der Waals surface area (Å²) in [6.45, 7) is 3.70. The van der Waals surface area contributed by atoms with Gasteiger partial charge in [0.2, 0.25) is 0 Å². The molecule has 0 bridgehead atoms. The summed E-state index contributed by atoms with van der Waals surface area (Å²) in [6, 6.07) is 0. The van der Waals surface area contributed by atoms with E-state index in [1.165, 1.54) is 0 Å². The summed E-state index contributed by atoms with van der Waals surface area (Å²) in [7, 11) is 1.93. The summed E-state index contributed by atoms with van der Waals surface area (Å²) >= 11 is 3.52. The van der Waals surface area contributed by atoms with Crippen molar-refractivity contribution in [3.8, 4) is 0 Å². The van der Waals surface area contributed by atoms with Crippen LogP contribution in [0, 0.1) is 6.92 Å². The van der Waals surface area contributed by atoms with Crippen LogP contribution in [-0.4, -0.2) is 42.5 Å². The van der Waals surface area contributed by atoms with Crippen LogP contribution in [0.4, 0.5) is 11.5 Å². The highest BCUT2D eigenvalue weighted by Crippen LogP contribution is 2.31. The first-order valence-electron chi connectivity index (χ1n) is 6.35. The Balaban J connectivity index is 2.15. The number of ether oxygens (including phenoxy) is 1. The number of hydrogen-bond acceptors (Lipinski definition) is 5. The van der Waals surface area contributed by atoms with E-state index in [1.807, 2.05) is 18.9 Å². The Morgan fingerprint density at radius 2 is 2.16 bits per heavy atom. The maximum atomic E-state index is 10.5. The Kier molecular flexibility index (Phi) is 4.32. The first kappa shape index (κ1) is 14.6. The molecule has 0 saturated carbocycles. The van der Waals surface area contributed by atoms with Crippen LogP contribution in [0.2, 0.25) is 0 Å². The van der Waals surface area contributed by atoms with E-state index in [9.17, 15) is 5.11 Å². The molecule has 2 rings (SSSR count). The van der Waals surface area contributed by atoms with Crippen LogP contribution in [0.15, 0.2) is 10.7 Å². The third kappa shape index (κ3) is 3.19. The Morgan fingerprint density at radius 3 is 2.79 bits per heavy atom. The minimum Gasteiger partial charge on any atom is -0.397 e. The van der Waals surface area contributed by atoms with Crippen LogP contribution in [0.1, 0.15) is 18.4 Å². The van der Waals surface area contributed by atoms with E-state index in [0.29, 0.717) is 38.3 Å². The molecule has 0 radical (unpaired) electrons. The number of anilines is 2. The van der Waals surface area contributed by atoms with Crippen LogP contribution in [0.3, 0.4) is 0 Å². The summed E-state index contributed by atoms with van der Waals surface area (Å²) in [5.74, 6) is 0.798. The Labute approximate surface area is 121 Å². The van der Waals surface area contributed by atoms with E-state index in [1.54, 1.807) is 6.20 Å². The lowest BCUT2D eigenvalue weighted by molar-refractivity contribution is -0.0573. The third-order valence-electron chi connectivity index (χ3n) is 3.60. The van der Waals surface area contributed by atoms with Gasteiger partial charge in [-0.3, -0.25) is 0 Å². The molecule has 0 unspecified atom stereocenters. The number of hydrogen-bond donors (Lipinski definition) is 2. The highest BCUT2D eigenvalue weighted by molar-refractivity contribution is 9.10. The predicted octanol–water partition coefficient (Wildman–Crippen LogP) is 1.71. The fourth-order valence-corrected chi connectivity index (χ4v) is 2.90. The third-order valence-corrected chi connectivity index (χ3v) is 4.55. The molecule has 106 valence electrons. The van der Waals surface area contributed by atoms with Gasteiger partial charge in [0.15, 0.2) is 0 Å². The number of nitrogen functional groups attached to an aromatic ring is 1. The molecule has 3 N–H and O–H groups in total. The molecule has 1 aliphatic rings. The van der Waals surface area contributed by atoms with Crippen molar-refractivity contribution in [3.63, 3.8) is 0 Å². The van der Waals surface area contributed by atoms with Gasteiger partial charge >= 0.3 is 0 Å². The van der Waals surface area contributed by atoms with Gasteiger partial charge in [0.1, 0.15) is 5.82 Å². The SMILES string of the molecule is Cc1c(N)cnc(N(C)CC2(O)CCOCC2)c1Br. The van der Waals surface area contributed by atoms with Gasteiger partial charge in [0.25, 0.3) is 0 Å². The average molecular weight is 330 g/mol. The van der Waals surface area contributed by atoms with Gasteiger partial charge in [-0.1, -0.05) is 0 Å². The lowest BCUT2D eigenvalue weighted by Gasteiger charge is -2.36. The number of aliphatic hydroxyl groups is 1. The second kappa shape index (κ2) is 5.64. The van der Waals surface area contributed by atoms with Gasteiger partial charge in [-0.05, 0) is 28.4 Å². The van der Waals surface area contributed by atoms with E-state index in [4.69, 9.17) is 10.5 Å². The summed E-state index contributed by atoms with van der Waals surface area (Å²) < 4.78 is 6.17. The van der Waals surface area contributed by atoms with Gasteiger partial charge in [-0.2, -0.15) is 0 Å². The molecule has 5 nitrogen and oxygen atoms in total. The summed E-state index contributed by atoms with van der Waals surface area (Å²) in [4.78, 5) is 6.31. The molecule has 0 atom stereocenters. The molecule has 0 aliphatic carbocycles. The van der Waals surface area contributed by atoms with Gasteiger partial charge in [-0.15, -0.1) is 0 Å². The average Bonchev–Trinajstić information content (AvgIpc) is 2.36. The number of aromatic nitrogens is 1. The molecule has 1 saturated heterocycles. The molecule has 1 aromatic rings. The van der Waals surface area contributed by atoms with Crippen molar-refractivity contribution in [2.45, 2.75) is 25.4 Å². The largest absolute Gasteiger partial charge is 0.397 e. The number of halogens is 1. The van der Waals surface area contributed by atoms with Crippen molar-refractivity contribution in [2.75, 3.05) is 37.4 Å². The summed E-state index contributed by atoms with van der Waals surface area (Å²) in [5.41, 5.74) is 6.75. The molecular weight excluding hydrogens is 310 g/mol. The molecule has 1 aromatic heterocycles. The molecule has 0 spiro atoms. The van der Waals surface area contributed by atoms with Crippen molar-refractivity contribution in [2.24, 2.45) is 0 Å². The highest BCUT2D eigenvalue weighted by Gasteiger charge is 2.32. The number of nitrogens with two attached hydrogens (primary N) is 1. The van der Waals surface area contributed by atoms with E-state index in [0.717, 1.165) is 15.9 Å². The summed E-state index contributed by atoms with van der Waals surface area (Å²) in [5, 5.41) is 10.5. The van der Waals surface area contributed by atoms with Crippen LogP contribution in [0.25, 0.3) is 0 Å². The van der Waals surface area contributed by atoms with E-state index < -0.39 is 5.60 Å². The second-order valence-electron chi connectivity index (χ2n) is 5.17. The Bertz CT molecular complexity index is 461. The van der Waals surface area contributed by atoms with Crippen LogP contribution in [0.5, 0.6) is 0 Å². The standard InChI is InChI=1S/C13H20BrN3O2/c1-9-10(15)7-16-12(11(9)14)17(2)8-13(18)3-5-19-6-4-13/h7,18H,3-6,8,15H2,1-2H3. The molecule has 0 amide bonds. The quantitative estimate of drug-likeness (QED) is 0.883. The zero-order valence-corrected chi connectivity index (χ0v) is 12.9.